The maximum Gasteiger partial charge on any atom is 0.237 e. The second kappa shape index (κ2) is 17.5. The smallest absolute Gasteiger partial charge is 0.237 e. The van der Waals surface area contributed by atoms with Crippen LogP contribution in [-0.2, 0) is 27.5 Å². The van der Waals surface area contributed by atoms with Gasteiger partial charge in [0.15, 0.2) is 11.9 Å². The number of carbonyl (C=O) groups is 1. The first-order valence-corrected chi connectivity index (χ1v) is 18.3. The van der Waals surface area contributed by atoms with E-state index >= 15 is 0 Å². The predicted octanol–water partition coefficient (Wildman–Crippen LogP) is 5.04. The number of rotatable bonds is 18. The van der Waals surface area contributed by atoms with Gasteiger partial charge in [0.2, 0.25) is 5.91 Å². The van der Waals surface area contributed by atoms with E-state index in [1.54, 1.807) is 0 Å². The standard InChI is InChI=1S/C39H70N10O/c1-13-23(2)39(11,12)33-27(32-28(38(8,9)10)20-26(37(5,6)7)21-31(32)48-33)22-30(25(4)47-24(3)16-14-18-45-35(41)42)49-34(50)29(40)17-15-19-46-36(43)44/h20-21,23-24,29-30,47-48H,4,13-19,22,40H2,1-3,5-12H3,(H,49,50)(H4,41,42,45)(H4,43,44,46)/t23?,24?,29-,30?/m0/s1. The third-order valence-corrected chi connectivity index (χ3v) is 10.1. The highest BCUT2D eigenvalue weighted by atomic mass is 16.2. The zero-order valence-electron chi connectivity index (χ0n) is 33.0. The second-order valence-corrected chi connectivity index (χ2v) is 16.8. The number of amides is 1. The molecular formula is C39H70N10O. The number of hydrogen-bond acceptors (Lipinski definition) is 5. The van der Waals surface area contributed by atoms with Gasteiger partial charge < -0.3 is 44.3 Å². The fourth-order valence-electron chi connectivity index (χ4n) is 6.43. The van der Waals surface area contributed by atoms with Crippen LogP contribution in [0.3, 0.4) is 0 Å². The molecule has 1 heterocycles. The number of H-pyrrole nitrogens is 1. The number of fused-ring (bicyclic) bond motifs is 1. The molecule has 3 unspecified atom stereocenters. The van der Waals surface area contributed by atoms with Gasteiger partial charge in [-0.1, -0.05) is 88.3 Å². The van der Waals surface area contributed by atoms with Crippen molar-refractivity contribution >= 4 is 28.7 Å². The summed E-state index contributed by atoms with van der Waals surface area (Å²) < 4.78 is 0. The summed E-state index contributed by atoms with van der Waals surface area (Å²) in [5.74, 6) is 0.271. The zero-order valence-corrected chi connectivity index (χ0v) is 33.0. The summed E-state index contributed by atoms with van der Waals surface area (Å²) in [5, 5.41) is 8.10. The SMILES string of the molecule is C=C(NC(C)CCCN=C(N)N)C(Cc1c(C(C)(C)C(C)CC)[nH]c2cc(C(C)(C)C)cc(C(C)(C)C)c12)NC(=O)[C@@H](N)CCCN=C(N)N. The third kappa shape index (κ3) is 11.7. The number of benzene rings is 1. The van der Waals surface area contributed by atoms with Crippen molar-refractivity contribution in [1.82, 2.24) is 15.6 Å². The molecule has 2 rings (SSSR count). The molecule has 0 spiro atoms. The molecule has 0 aliphatic rings. The summed E-state index contributed by atoms with van der Waals surface area (Å²) in [4.78, 5) is 25.8. The molecular weight excluding hydrogens is 624 g/mol. The Morgan fingerprint density at radius 1 is 0.880 bits per heavy atom. The van der Waals surface area contributed by atoms with Crippen LogP contribution >= 0.6 is 0 Å². The summed E-state index contributed by atoms with van der Waals surface area (Å²) in [6.07, 6.45) is 4.22. The van der Waals surface area contributed by atoms with Crippen LogP contribution in [0, 0.1) is 5.92 Å². The van der Waals surface area contributed by atoms with Crippen molar-refractivity contribution in [3.05, 3.63) is 46.8 Å². The van der Waals surface area contributed by atoms with E-state index < -0.39 is 12.1 Å². The lowest BCUT2D eigenvalue weighted by atomic mass is 9.73. The number of aromatic nitrogens is 1. The quantitative estimate of drug-likeness (QED) is 0.0604. The van der Waals surface area contributed by atoms with E-state index in [0.29, 0.717) is 38.3 Å². The molecule has 11 nitrogen and oxygen atoms in total. The number of aliphatic imine (C=N–C) groups is 2. The van der Waals surface area contributed by atoms with Gasteiger partial charge in [-0.25, -0.2) is 0 Å². The van der Waals surface area contributed by atoms with E-state index in [9.17, 15) is 4.79 Å². The van der Waals surface area contributed by atoms with E-state index in [1.807, 2.05) is 0 Å². The Hall–Kier alpha value is -3.73. The van der Waals surface area contributed by atoms with Gasteiger partial charge in [-0.3, -0.25) is 14.8 Å². The molecule has 1 aromatic carbocycles. The minimum Gasteiger partial charge on any atom is -0.385 e. The number of nitrogens with zero attached hydrogens (tertiary/aromatic N) is 2. The molecule has 0 bridgehead atoms. The lowest BCUT2D eigenvalue weighted by Gasteiger charge is -2.33. The molecule has 282 valence electrons. The summed E-state index contributed by atoms with van der Waals surface area (Å²) in [5.41, 5.74) is 34.9. The van der Waals surface area contributed by atoms with E-state index in [-0.39, 0.29) is 40.1 Å². The maximum atomic E-state index is 13.7. The Labute approximate surface area is 302 Å². The van der Waals surface area contributed by atoms with E-state index in [0.717, 1.165) is 30.5 Å². The van der Waals surface area contributed by atoms with Crippen LogP contribution in [0.25, 0.3) is 10.9 Å². The minimum atomic E-state index is -0.727. The molecule has 1 aromatic heterocycles. The fraction of sp³-hybridized carbons (Fsp3) is 0.667. The van der Waals surface area contributed by atoms with Gasteiger partial charge in [0.05, 0.1) is 12.1 Å². The maximum absolute atomic E-state index is 13.7. The van der Waals surface area contributed by atoms with Gasteiger partial charge in [-0.05, 0) is 72.1 Å². The number of nitrogens with one attached hydrogen (secondary N) is 3. The van der Waals surface area contributed by atoms with Crippen LogP contribution in [0.1, 0.15) is 131 Å². The number of guanidine groups is 2. The summed E-state index contributed by atoms with van der Waals surface area (Å²) >= 11 is 0. The molecule has 0 aliphatic carbocycles. The van der Waals surface area contributed by atoms with Gasteiger partial charge in [-0.15, -0.1) is 0 Å². The van der Waals surface area contributed by atoms with Crippen LogP contribution in [-0.4, -0.2) is 54.0 Å². The fourth-order valence-corrected chi connectivity index (χ4v) is 6.43. The lowest BCUT2D eigenvalue weighted by Crippen LogP contribution is -2.49. The summed E-state index contributed by atoms with van der Waals surface area (Å²) in [6.45, 7) is 30.3. The first-order valence-electron chi connectivity index (χ1n) is 18.3. The molecule has 50 heavy (non-hydrogen) atoms. The highest BCUT2D eigenvalue weighted by Crippen LogP contribution is 2.43. The second-order valence-electron chi connectivity index (χ2n) is 16.8. The molecule has 0 saturated carbocycles. The molecule has 0 fully saturated rings. The van der Waals surface area contributed by atoms with Gasteiger partial charge in [0.25, 0.3) is 0 Å². The minimum absolute atomic E-state index is 0.0250. The van der Waals surface area contributed by atoms with E-state index in [1.165, 1.54) is 27.8 Å². The first kappa shape index (κ1) is 42.4. The molecule has 11 heteroatoms. The molecule has 4 atom stereocenters. The van der Waals surface area contributed by atoms with Crippen molar-refractivity contribution < 1.29 is 4.79 Å². The van der Waals surface area contributed by atoms with Crippen molar-refractivity contribution in [3.8, 4) is 0 Å². The van der Waals surface area contributed by atoms with Crippen LogP contribution in [0.4, 0.5) is 0 Å². The number of carbonyl (C=O) groups excluding carboxylic acids is 1. The highest BCUT2D eigenvalue weighted by molar-refractivity contribution is 5.91. The Bertz CT molecular complexity index is 1500. The Morgan fingerprint density at radius 3 is 1.94 bits per heavy atom. The Morgan fingerprint density at radius 2 is 1.44 bits per heavy atom. The largest absolute Gasteiger partial charge is 0.385 e. The average Bonchev–Trinajstić information content (AvgIpc) is 3.37. The van der Waals surface area contributed by atoms with Crippen LogP contribution < -0.4 is 39.3 Å². The van der Waals surface area contributed by atoms with Crippen molar-refractivity contribution in [3.63, 3.8) is 0 Å². The van der Waals surface area contributed by atoms with E-state index in [2.05, 4.69) is 120 Å². The molecule has 1 amide bonds. The van der Waals surface area contributed by atoms with Crippen molar-refractivity contribution in [1.29, 1.82) is 0 Å². The van der Waals surface area contributed by atoms with Gasteiger partial charge >= 0.3 is 0 Å². The molecule has 0 radical (unpaired) electrons. The van der Waals surface area contributed by atoms with Gasteiger partial charge in [0, 0.05) is 53.3 Å². The number of nitrogens with two attached hydrogens (primary N) is 5. The molecule has 0 aliphatic heterocycles. The third-order valence-electron chi connectivity index (χ3n) is 10.1. The zero-order chi connectivity index (χ0) is 38.2. The Kier molecular flexibility index (Phi) is 14.8. The topological polar surface area (TPSA) is 212 Å². The lowest BCUT2D eigenvalue weighted by molar-refractivity contribution is -0.123. The first-order chi connectivity index (χ1) is 23.0. The normalized spacial score (nSPS) is 14.8. The van der Waals surface area contributed by atoms with Crippen LogP contribution in [0.15, 0.2) is 34.4 Å². The molecule has 2 aromatic rings. The van der Waals surface area contributed by atoms with Gasteiger partial charge in [0.1, 0.15) is 0 Å². The van der Waals surface area contributed by atoms with Crippen molar-refractivity contribution in [2.24, 2.45) is 44.6 Å². The Balaban J connectivity index is 2.72. The average molecular weight is 695 g/mol. The summed E-state index contributed by atoms with van der Waals surface area (Å²) in [6, 6.07) is 3.60. The number of aromatic amines is 1. The molecule has 0 saturated heterocycles. The summed E-state index contributed by atoms with van der Waals surface area (Å²) in [7, 11) is 0. The highest BCUT2D eigenvalue weighted by Gasteiger charge is 2.36. The molecule has 13 N–H and O–H groups in total. The number of hydrogen-bond donors (Lipinski definition) is 8. The van der Waals surface area contributed by atoms with Gasteiger partial charge in [-0.2, -0.15) is 0 Å². The monoisotopic (exact) mass is 695 g/mol. The van der Waals surface area contributed by atoms with Crippen molar-refractivity contribution in [2.75, 3.05) is 13.1 Å². The predicted molar refractivity (Wildman–Crippen MR) is 213 cm³/mol. The van der Waals surface area contributed by atoms with Crippen molar-refractivity contribution in [2.45, 2.75) is 149 Å². The van der Waals surface area contributed by atoms with Crippen LogP contribution in [0.5, 0.6) is 0 Å². The van der Waals surface area contributed by atoms with Crippen LogP contribution in [0.2, 0.25) is 0 Å². The van der Waals surface area contributed by atoms with E-state index in [4.69, 9.17) is 28.7 Å².